The quantitative estimate of drug-likeness (QED) is 0.0682. The summed E-state index contributed by atoms with van der Waals surface area (Å²) in [6.07, 6.45) is 7.33. The van der Waals surface area contributed by atoms with Gasteiger partial charge in [-0.15, -0.1) is 0 Å². The summed E-state index contributed by atoms with van der Waals surface area (Å²) in [5, 5.41) is 17.4. The molecule has 0 fully saturated rings. The molecule has 53 heavy (non-hydrogen) atoms. The Morgan fingerprint density at radius 1 is 0.962 bits per heavy atom. The van der Waals surface area contributed by atoms with Gasteiger partial charge in [0.25, 0.3) is 0 Å². The van der Waals surface area contributed by atoms with E-state index in [0.29, 0.717) is 53.4 Å². The van der Waals surface area contributed by atoms with Gasteiger partial charge in [-0.3, -0.25) is 4.79 Å². The summed E-state index contributed by atoms with van der Waals surface area (Å²) in [5.41, 5.74) is 5.36. The highest BCUT2D eigenvalue weighted by atomic mass is 35.5. The molecule has 5 aromatic rings. The van der Waals surface area contributed by atoms with Crippen LogP contribution in [0.3, 0.4) is 0 Å². The minimum atomic E-state index is -0.318. The minimum Gasteiger partial charge on any atom is -0.489 e. The van der Waals surface area contributed by atoms with Crippen molar-refractivity contribution < 1.29 is 9.53 Å². The van der Waals surface area contributed by atoms with Crippen LogP contribution < -0.4 is 15.4 Å². The molecule has 2 N–H and O–H groups in total. The first kappa shape index (κ1) is 39.3. The number of nitrogens with one attached hydrogen (secondary N) is 2. The summed E-state index contributed by atoms with van der Waals surface area (Å²) in [7, 11) is 0. The van der Waals surface area contributed by atoms with Crippen LogP contribution >= 0.6 is 35.4 Å². The Hall–Kier alpha value is -4.88. The molecule has 0 radical (unpaired) electrons. The van der Waals surface area contributed by atoms with Crippen LogP contribution in [0.4, 0.5) is 0 Å². The Bertz CT molecular complexity index is 1960. The molecule has 1 atom stereocenters. The highest BCUT2D eigenvalue weighted by Gasteiger charge is 2.22. The van der Waals surface area contributed by atoms with E-state index < -0.39 is 0 Å². The van der Waals surface area contributed by atoms with Crippen molar-refractivity contribution in [3.63, 3.8) is 0 Å². The average molecular weight is 768 g/mol. The smallest absolute Gasteiger partial charge is 0.226 e. The van der Waals surface area contributed by atoms with Gasteiger partial charge in [0.05, 0.1) is 40.5 Å². The maximum Gasteiger partial charge on any atom is 0.226 e. The summed E-state index contributed by atoms with van der Waals surface area (Å²) >= 11 is 19.0. The first-order chi connectivity index (χ1) is 25.8. The maximum absolute atomic E-state index is 13.8. The van der Waals surface area contributed by atoms with Gasteiger partial charge in [0.2, 0.25) is 5.91 Å². The van der Waals surface area contributed by atoms with Crippen LogP contribution in [-0.4, -0.2) is 44.6 Å². The van der Waals surface area contributed by atoms with Gasteiger partial charge >= 0.3 is 0 Å². The number of carbonyl (C=O) groups is 1. The number of ether oxygens (including phenoxy) is 1. The molecule has 11 heteroatoms. The highest BCUT2D eigenvalue weighted by Crippen LogP contribution is 2.27. The maximum atomic E-state index is 13.8. The number of nitrogens with zero attached hydrogens (tertiary/aromatic N) is 4. The van der Waals surface area contributed by atoms with E-state index in [-0.39, 0.29) is 18.4 Å². The second-order valence-corrected chi connectivity index (χ2v) is 14.1. The minimum absolute atomic E-state index is 0.137. The number of amides is 1. The van der Waals surface area contributed by atoms with Gasteiger partial charge in [0.1, 0.15) is 12.4 Å². The van der Waals surface area contributed by atoms with Crippen LogP contribution in [0.1, 0.15) is 59.7 Å². The number of aromatic nitrogens is 2. The first-order valence-electron chi connectivity index (χ1n) is 17.8. The molecule has 0 unspecified atom stereocenters. The molecule has 0 bridgehead atoms. The van der Waals surface area contributed by atoms with Crippen LogP contribution in [0.25, 0.3) is 0 Å². The number of halogens is 2. The number of benzene rings is 4. The monoisotopic (exact) mass is 766 g/mol. The van der Waals surface area contributed by atoms with Crippen molar-refractivity contribution in [1.29, 1.82) is 5.26 Å². The van der Waals surface area contributed by atoms with Crippen LogP contribution in [0.2, 0.25) is 10.0 Å². The SMILES string of the molecule is CCCCCNC(=S)N(Cc1cccc(Cl)c1Cl)C[C@H](Cc1ccc(OCc2ccccc2)cc1)NC(=O)Cc1cncn1Cc1ccc(C#N)cc1. The summed E-state index contributed by atoms with van der Waals surface area (Å²) in [6, 6.07) is 32.9. The summed E-state index contributed by atoms with van der Waals surface area (Å²) in [6.45, 7) is 4.76. The van der Waals surface area contributed by atoms with E-state index >= 15 is 0 Å². The lowest BCUT2D eigenvalue weighted by atomic mass is 10.0. The third-order valence-corrected chi connectivity index (χ3v) is 10.0. The molecule has 0 spiro atoms. The molecular weight excluding hydrogens is 723 g/mol. The molecule has 5 rings (SSSR count). The molecular formula is C42H44Cl2N6O2S. The van der Waals surface area contributed by atoms with Crippen LogP contribution in [0, 0.1) is 11.3 Å². The predicted octanol–water partition coefficient (Wildman–Crippen LogP) is 8.53. The second kappa shape index (κ2) is 20.4. The molecule has 0 aliphatic rings. The zero-order chi connectivity index (χ0) is 37.4. The lowest BCUT2D eigenvalue weighted by Crippen LogP contribution is -2.49. The zero-order valence-electron chi connectivity index (χ0n) is 29.8. The molecule has 4 aromatic carbocycles. The number of hydrogen-bond donors (Lipinski definition) is 2. The van der Waals surface area contributed by atoms with Crippen molar-refractivity contribution in [1.82, 2.24) is 25.1 Å². The van der Waals surface area contributed by atoms with Gasteiger partial charge in [-0.05, 0) is 77.6 Å². The van der Waals surface area contributed by atoms with Gasteiger partial charge in [-0.1, -0.05) is 110 Å². The van der Waals surface area contributed by atoms with Crippen molar-refractivity contribution in [2.45, 2.75) is 64.8 Å². The first-order valence-corrected chi connectivity index (χ1v) is 19.0. The molecule has 1 heterocycles. The fraction of sp³-hybridized carbons (Fsp3) is 0.286. The third-order valence-electron chi connectivity index (χ3n) is 8.77. The van der Waals surface area contributed by atoms with Gasteiger partial charge in [0.15, 0.2) is 5.11 Å². The highest BCUT2D eigenvalue weighted by molar-refractivity contribution is 7.80. The molecule has 1 amide bonds. The molecule has 274 valence electrons. The van der Waals surface area contributed by atoms with E-state index in [9.17, 15) is 4.79 Å². The van der Waals surface area contributed by atoms with E-state index in [2.05, 4.69) is 33.5 Å². The van der Waals surface area contributed by atoms with E-state index in [4.69, 9.17) is 45.4 Å². The topological polar surface area (TPSA) is 95.2 Å². The number of nitriles is 1. The average Bonchev–Trinajstić information content (AvgIpc) is 3.60. The third kappa shape index (κ3) is 12.4. The lowest BCUT2D eigenvalue weighted by Gasteiger charge is -2.31. The number of unbranched alkanes of at least 4 members (excludes halogenated alkanes) is 2. The largest absolute Gasteiger partial charge is 0.489 e. The van der Waals surface area contributed by atoms with Crippen molar-refractivity contribution in [2.75, 3.05) is 13.1 Å². The Labute approximate surface area is 327 Å². The molecule has 8 nitrogen and oxygen atoms in total. The van der Waals surface area contributed by atoms with Crippen molar-refractivity contribution >= 4 is 46.4 Å². The molecule has 0 saturated carbocycles. The Balaban J connectivity index is 1.34. The predicted molar refractivity (Wildman–Crippen MR) is 216 cm³/mol. The summed E-state index contributed by atoms with van der Waals surface area (Å²) < 4.78 is 7.98. The van der Waals surface area contributed by atoms with E-state index in [0.717, 1.165) is 59.5 Å². The number of hydrogen-bond acceptors (Lipinski definition) is 5. The van der Waals surface area contributed by atoms with Crippen LogP contribution in [0.5, 0.6) is 5.75 Å². The van der Waals surface area contributed by atoms with Gasteiger partial charge in [-0.25, -0.2) is 4.98 Å². The molecule has 0 aliphatic carbocycles. The Morgan fingerprint density at radius 3 is 2.45 bits per heavy atom. The van der Waals surface area contributed by atoms with Crippen LogP contribution in [-0.2, 0) is 37.3 Å². The summed E-state index contributed by atoms with van der Waals surface area (Å²) in [5.74, 6) is 0.630. The fourth-order valence-corrected chi connectivity index (χ4v) is 6.54. The van der Waals surface area contributed by atoms with Gasteiger partial charge in [-0.2, -0.15) is 5.26 Å². The van der Waals surface area contributed by atoms with Gasteiger partial charge in [0, 0.05) is 38.1 Å². The number of thiocarbonyl (C=S) groups is 1. The second-order valence-electron chi connectivity index (χ2n) is 12.9. The fourth-order valence-electron chi connectivity index (χ4n) is 5.91. The van der Waals surface area contributed by atoms with E-state index in [1.807, 2.05) is 83.4 Å². The number of carbonyl (C=O) groups excluding carboxylic acids is 1. The van der Waals surface area contributed by atoms with Gasteiger partial charge < -0.3 is 24.8 Å². The normalized spacial score (nSPS) is 11.4. The Kier molecular flexibility index (Phi) is 15.1. The van der Waals surface area contributed by atoms with E-state index in [1.165, 1.54) is 0 Å². The Morgan fingerprint density at radius 2 is 1.72 bits per heavy atom. The summed E-state index contributed by atoms with van der Waals surface area (Å²) in [4.78, 5) is 20.2. The molecule has 0 saturated heterocycles. The van der Waals surface area contributed by atoms with Crippen molar-refractivity contribution in [3.05, 3.63) is 153 Å². The molecule has 0 aliphatic heterocycles. The lowest BCUT2D eigenvalue weighted by molar-refractivity contribution is -0.121. The standard InChI is InChI=1S/C42H44Cl2N6O2S/c1-2-3-7-21-47-42(53)49(27-35-11-8-12-39(43)41(35)44)28-36(22-31-17-19-38(20-18-31)52-29-34-9-5-4-6-10-34)48-40(51)23-37-25-46-30-50(37)26-33-15-13-32(24-45)14-16-33/h4-6,8-20,25,30,36H,2-3,7,21-23,26-29H2,1H3,(H,47,53)(H,48,51)/t36-/m0/s1. The van der Waals surface area contributed by atoms with Crippen LogP contribution in [0.15, 0.2) is 110 Å². The van der Waals surface area contributed by atoms with Crippen molar-refractivity contribution in [2.24, 2.45) is 0 Å². The molecule has 1 aromatic heterocycles. The number of imidazole rings is 1. The zero-order valence-corrected chi connectivity index (χ0v) is 32.1. The number of rotatable bonds is 18. The van der Waals surface area contributed by atoms with Crippen molar-refractivity contribution in [3.8, 4) is 11.8 Å². The van der Waals surface area contributed by atoms with E-state index in [1.54, 1.807) is 30.7 Å².